The number of nitrogens with one attached hydrogen (secondary N) is 1. The van der Waals surface area contributed by atoms with Crippen LogP contribution in [0, 0.1) is 0 Å². The predicted molar refractivity (Wildman–Crippen MR) is 105 cm³/mol. The van der Waals surface area contributed by atoms with E-state index in [2.05, 4.69) is 21.2 Å². The van der Waals surface area contributed by atoms with Gasteiger partial charge < -0.3 is 14.8 Å². The summed E-state index contributed by atoms with van der Waals surface area (Å²) >= 11 is 4.69. The summed E-state index contributed by atoms with van der Waals surface area (Å²) in [5, 5.41) is 14.7. The van der Waals surface area contributed by atoms with Crippen LogP contribution in [-0.2, 0) is 16.5 Å². The van der Waals surface area contributed by atoms with Crippen molar-refractivity contribution in [1.29, 1.82) is 0 Å². The van der Waals surface area contributed by atoms with Gasteiger partial charge in [-0.25, -0.2) is 4.79 Å². The van der Waals surface area contributed by atoms with Crippen molar-refractivity contribution in [2.24, 2.45) is 0 Å². The molecule has 0 atom stereocenters. The number of amides is 1. The number of aromatic carboxylic acids is 1. The fraction of sp³-hybridized carbons (Fsp3) is 0.158. The molecule has 0 aliphatic heterocycles. The van der Waals surface area contributed by atoms with Gasteiger partial charge in [0.1, 0.15) is 11.3 Å². The monoisotopic (exact) mass is 433 g/mol. The van der Waals surface area contributed by atoms with Crippen LogP contribution in [0.2, 0.25) is 0 Å². The number of aryl methyl sites for hydroxylation is 1. The Labute approximate surface area is 162 Å². The molecule has 0 aliphatic rings. The first-order chi connectivity index (χ1) is 12.6. The molecule has 0 fully saturated rings. The molecule has 1 aromatic carbocycles. The Balaban J connectivity index is 1.78. The molecule has 0 bridgehead atoms. The van der Waals surface area contributed by atoms with Gasteiger partial charge in [0, 0.05) is 23.6 Å². The standard InChI is InChI=1S/C19H16BrNO4S/c20-10-12-3-5-13(6-4-12)18-17(19(23)24)15(11-26-18)21-16(22)8-7-14-2-1-9-25-14/h1-6,9,11H,7-8,10H2,(H,21,22)(H,23,24). The summed E-state index contributed by atoms with van der Waals surface area (Å²) in [6, 6.07) is 11.2. The minimum Gasteiger partial charge on any atom is -0.478 e. The molecule has 5 nitrogen and oxygen atoms in total. The third-order valence-corrected chi connectivity index (χ3v) is 5.50. The summed E-state index contributed by atoms with van der Waals surface area (Å²) in [7, 11) is 0. The molecule has 1 amide bonds. The Kier molecular flexibility index (Phi) is 5.90. The normalized spacial score (nSPS) is 10.7. The van der Waals surface area contributed by atoms with Crippen molar-refractivity contribution in [2.75, 3.05) is 5.32 Å². The minimum absolute atomic E-state index is 0.118. The number of alkyl halides is 1. The second-order valence-corrected chi connectivity index (χ2v) is 7.06. The Morgan fingerprint density at radius 2 is 1.96 bits per heavy atom. The maximum absolute atomic E-state index is 12.2. The van der Waals surface area contributed by atoms with E-state index in [9.17, 15) is 14.7 Å². The highest BCUT2D eigenvalue weighted by Crippen LogP contribution is 2.36. The molecular formula is C19H16BrNO4S. The summed E-state index contributed by atoms with van der Waals surface area (Å²) in [6.07, 6.45) is 2.24. The van der Waals surface area contributed by atoms with Gasteiger partial charge in [0.05, 0.1) is 16.8 Å². The number of thiophene rings is 1. The lowest BCUT2D eigenvalue weighted by molar-refractivity contribution is -0.116. The van der Waals surface area contributed by atoms with Gasteiger partial charge >= 0.3 is 5.97 Å². The van der Waals surface area contributed by atoms with Crippen LogP contribution in [0.4, 0.5) is 5.69 Å². The predicted octanol–water partition coefficient (Wildman–Crippen LogP) is 5.17. The molecule has 2 aromatic heterocycles. The molecule has 3 rings (SSSR count). The van der Waals surface area contributed by atoms with Gasteiger partial charge in [-0.05, 0) is 23.3 Å². The highest BCUT2D eigenvalue weighted by molar-refractivity contribution is 9.08. The lowest BCUT2D eigenvalue weighted by Gasteiger charge is -2.06. The Morgan fingerprint density at radius 1 is 1.19 bits per heavy atom. The van der Waals surface area contributed by atoms with E-state index in [1.165, 1.54) is 11.3 Å². The summed E-state index contributed by atoms with van der Waals surface area (Å²) in [5.74, 6) is -0.591. The highest BCUT2D eigenvalue weighted by atomic mass is 79.9. The van der Waals surface area contributed by atoms with Crippen molar-refractivity contribution in [1.82, 2.24) is 0 Å². The molecule has 26 heavy (non-hydrogen) atoms. The molecule has 7 heteroatoms. The van der Waals surface area contributed by atoms with Crippen LogP contribution < -0.4 is 5.32 Å². The van der Waals surface area contributed by atoms with Crippen LogP contribution in [-0.4, -0.2) is 17.0 Å². The molecule has 0 aliphatic carbocycles. The van der Waals surface area contributed by atoms with E-state index in [0.29, 0.717) is 17.0 Å². The van der Waals surface area contributed by atoms with Gasteiger partial charge in [0.15, 0.2) is 0 Å². The number of carbonyl (C=O) groups excluding carboxylic acids is 1. The van der Waals surface area contributed by atoms with Crippen molar-refractivity contribution in [3.63, 3.8) is 0 Å². The molecule has 0 spiro atoms. The van der Waals surface area contributed by atoms with Gasteiger partial charge in [-0.3, -0.25) is 4.79 Å². The molecule has 134 valence electrons. The quantitative estimate of drug-likeness (QED) is 0.503. The number of halogens is 1. The van der Waals surface area contributed by atoms with E-state index in [1.54, 1.807) is 23.8 Å². The van der Waals surface area contributed by atoms with Gasteiger partial charge in [0.2, 0.25) is 5.91 Å². The SMILES string of the molecule is O=C(CCc1ccco1)Nc1csc(-c2ccc(CBr)cc2)c1C(=O)O. The van der Waals surface area contributed by atoms with Crippen LogP contribution >= 0.6 is 27.3 Å². The van der Waals surface area contributed by atoms with Gasteiger partial charge in [-0.15, -0.1) is 11.3 Å². The average Bonchev–Trinajstić information content (AvgIpc) is 3.30. The number of hydrogen-bond donors (Lipinski definition) is 2. The Morgan fingerprint density at radius 3 is 2.58 bits per heavy atom. The first-order valence-corrected chi connectivity index (χ1v) is 9.91. The molecule has 3 aromatic rings. The van der Waals surface area contributed by atoms with E-state index >= 15 is 0 Å². The van der Waals surface area contributed by atoms with Crippen LogP contribution in [0.15, 0.2) is 52.5 Å². The first kappa shape index (κ1) is 18.4. The van der Waals surface area contributed by atoms with E-state index in [-0.39, 0.29) is 17.9 Å². The smallest absolute Gasteiger partial charge is 0.339 e. The van der Waals surface area contributed by atoms with E-state index in [0.717, 1.165) is 22.2 Å². The number of rotatable bonds is 7. The summed E-state index contributed by atoms with van der Waals surface area (Å²) in [4.78, 5) is 24.5. The molecule has 0 saturated carbocycles. The van der Waals surface area contributed by atoms with Gasteiger partial charge in [0.25, 0.3) is 0 Å². The number of benzene rings is 1. The zero-order valence-electron chi connectivity index (χ0n) is 13.7. The molecule has 0 saturated heterocycles. The third kappa shape index (κ3) is 4.23. The molecule has 0 radical (unpaired) electrons. The van der Waals surface area contributed by atoms with Crippen LogP contribution in [0.25, 0.3) is 10.4 Å². The van der Waals surface area contributed by atoms with Gasteiger partial charge in [-0.2, -0.15) is 0 Å². The Bertz CT molecular complexity index is 900. The van der Waals surface area contributed by atoms with Crippen molar-refractivity contribution in [2.45, 2.75) is 18.2 Å². The fourth-order valence-corrected chi connectivity index (χ4v) is 3.90. The van der Waals surface area contributed by atoms with Gasteiger partial charge in [-0.1, -0.05) is 40.2 Å². The number of anilines is 1. The number of hydrogen-bond acceptors (Lipinski definition) is 4. The highest BCUT2D eigenvalue weighted by Gasteiger charge is 2.21. The second kappa shape index (κ2) is 8.33. The van der Waals surface area contributed by atoms with E-state index in [1.807, 2.05) is 24.3 Å². The zero-order valence-corrected chi connectivity index (χ0v) is 16.1. The van der Waals surface area contributed by atoms with Crippen LogP contribution in [0.3, 0.4) is 0 Å². The third-order valence-electron chi connectivity index (χ3n) is 3.83. The largest absolute Gasteiger partial charge is 0.478 e. The molecular weight excluding hydrogens is 418 g/mol. The summed E-state index contributed by atoms with van der Waals surface area (Å²) in [6.45, 7) is 0. The molecule has 2 heterocycles. The fourth-order valence-electron chi connectivity index (χ4n) is 2.52. The van der Waals surface area contributed by atoms with Crippen molar-refractivity contribution in [3.8, 4) is 10.4 Å². The lowest BCUT2D eigenvalue weighted by atomic mass is 10.1. The maximum atomic E-state index is 12.2. The second-order valence-electron chi connectivity index (χ2n) is 5.62. The minimum atomic E-state index is -1.06. The number of carboxylic acid groups (broad SMARTS) is 1. The average molecular weight is 434 g/mol. The number of carbonyl (C=O) groups is 2. The zero-order chi connectivity index (χ0) is 18.5. The lowest BCUT2D eigenvalue weighted by Crippen LogP contribution is -2.14. The van der Waals surface area contributed by atoms with Crippen molar-refractivity contribution >= 4 is 44.8 Å². The topological polar surface area (TPSA) is 79.5 Å². The van der Waals surface area contributed by atoms with E-state index in [4.69, 9.17) is 4.42 Å². The number of furan rings is 1. The number of carboxylic acids is 1. The first-order valence-electron chi connectivity index (χ1n) is 7.90. The Hall–Kier alpha value is -2.38. The van der Waals surface area contributed by atoms with E-state index < -0.39 is 5.97 Å². The summed E-state index contributed by atoms with van der Waals surface area (Å²) in [5.41, 5.74) is 2.36. The maximum Gasteiger partial charge on any atom is 0.339 e. The van der Waals surface area contributed by atoms with Crippen LogP contribution in [0.5, 0.6) is 0 Å². The van der Waals surface area contributed by atoms with Crippen LogP contribution in [0.1, 0.15) is 28.1 Å². The molecule has 0 unspecified atom stereocenters. The van der Waals surface area contributed by atoms with Crippen molar-refractivity contribution in [3.05, 3.63) is 64.9 Å². The van der Waals surface area contributed by atoms with Crippen molar-refractivity contribution < 1.29 is 19.1 Å². The summed E-state index contributed by atoms with van der Waals surface area (Å²) < 4.78 is 5.20. The molecule has 2 N–H and O–H groups in total.